The highest BCUT2D eigenvalue weighted by Crippen LogP contribution is 2.29. The summed E-state index contributed by atoms with van der Waals surface area (Å²) in [4.78, 5) is 3.83. The third-order valence-electron chi connectivity index (χ3n) is 2.31. The van der Waals surface area contributed by atoms with Crippen molar-refractivity contribution >= 4 is 10.8 Å². The Morgan fingerprint density at radius 1 is 1.06 bits per heavy atom. The fraction of sp³-hybridized carbons (Fsp3) is 0.308. The van der Waals surface area contributed by atoms with Gasteiger partial charge in [0.15, 0.2) is 0 Å². The van der Waals surface area contributed by atoms with E-state index in [2.05, 4.69) is 4.98 Å². The molecule has 0 saturated carbocycles. The molecule has 2 aromatic rings. The van der Waals surface area contributed by atoms with Gasteiger partial charge in [0, 0.05) is 23.3 Å². The first kappa shape index (κ1) is 13.5. The fourth-order valence-electron chi connectivity index (χ4n) is 1.58. The van der Waals surface area contributed by atoms with Crippen LogP contribution in [-0.4, -0.2) is 4.98 Å². The van der Waals surface area contributed by atoms with Crippen molar-refractivity contribution in [1.82, 2.24) is 4.98 Å². The van der Waals surface area contributed by atoms with Gasteiger partial charge >= 0.3 is 0 Å². The van der Waals surface area contributed by atoms with E-state index in [4.69, 9.17) is 0 Å². The first-order valence-electron chi connectivity index (χ1n) is 5.41. The maximum atomic E-state index is 13.1. The molecule has 1 nitrogen and oxygen atoms in total. The van der Waals surface area contributed by atoms with Crippen LogP contribution in [0.15, 0.2) is 24.5 Å². The molecule has 0 spiro atoms. The molecule has 0 bridgehead atoms. The molecule has 92 valence electrons. The molecule has 0 saturated heterocycles. The van der Waals surface area contributed by atoms with Crippen molar-refractivity contribution in [3.63, 3.8) is 0 Å². The predicted molar refractivity (Wildman–Crippen MR) is 62.7 cm³/mol. The van der Waals surface area contributed by atoms with E-state index in [9.17, 15) is 13.2 Å². The van der Waals surface area contributed by atoms with Crippen molar-refractivity contribution in [3.8, 4) is 0 Å². The second-order valence-electron chi connectivity index (χ2n) is 3.35. The smallest absolute Gasteiger partial charge is 0.264 e. The number of hydrogen-bond acceptors (Lipinski definition) is 1. The van der Waals surface area contributed by atoms with Crippen molar-refractivity contribution in [2.24, 2.45) is 0 Å². The van der Waals surface area contributed by atoms with Gasteiger partial charge in [0.05, 0.1) is 0 Å². The van der Waals surface area contributed by atoms with Gasteiger partial charge in [0.1, 0.15) is 5.82 Å². The Kier molecular flexibility index (Phi) is 4.49. The number of aromatic nitrogens is 1. The summed E-state index contributed by atoms with van der Waals surface area (Å²) in [6.45, 7) is 5.71. The summed E-state index contributed by atoms with van der Waals surface area (Å²) >= 11 is 0. The summed E-state index contributed by atoms with van der Waals surface area (Å²) in [5, 5.41) is 0.798. The van der Waals surface area contributed by atoms with Gasteiger partial charge in [-0.05, 0) is 30.0 Å². The van der Waals surface area contributed by atoms with Gasteiger partial charge in [-0.3, -0.25) is 4.98 Å². The van der Waals surface area contributed by atoms with Crippen molar-refractivity contribution in [1.29, 1.82) is 0 Å². The van der Waals surface area contributed by atoms with Crippen LogP contribution < -0.4 is 0 Å². The van der Waals surface area contributed by atoms with Crippen molar-refractivity contribution in [3.05, 3.63) is 41.5 Å². The van der Waals surface area contributed by atoms with Gasteiger partial charge in [-0.15, -0.1) is 0 Å². The minimum absolute atomic E-state index is 0.304. The van der Waals surface area contributed by atoms with Crippen LogP contribution in [0.1, 0.15) is 31.4 Å². The Labute approximate surface area is 98.3 Å². The monoisotopic (exact) mass is 241 g/mol. The minimum Gasteiger partial charge on any atom is -0.264 e. The van der Waals surface area contributed by atoms with E-state index in [1.807, 2.05) is 13.8 Å². The van der Waals surface area contributed by atoms with Crippen LogP contribution in [0.5, 0.6) is 0 Å². The van der Waals surface area contributed by atoms with Crippen LogP contribution in [0, 0.1) is 12.7 Å². The highest BCUT2D eigenvalue weighted by molar-refractivity contribution is 5.87. The number of aryl methyl sites for hydroxylation is 1. The van der Waals surface area contributed by atoms with Gasteiger partial charge in [0.2, 0.25) is 0 Å². The van der Waals surface area contributed by atoms with Gasteiger partial charge in [0.25, 0.3) is 6.43 Å². The maximum absolute atomic E-state index is 13.1. The Balaban J connectivity index is 0.000000686. The number of alkyl halides is 2. The van der Waals surface area contributed by atoms with Gasteiger partial charge < -0.3 is 0 Å². The topological polar surface area (TPSA) is 12.9 Å². The maximum Gasteiger partial charge on any atom is 0.264 e. The number of pyridine rings is 1. The lowest BCUT2D eigenvalue weighted by molar-refractivity contribution is 0.152. The lowest BCUT2D eigenvalue weighted by Crippen LogP contribution is -1.92. The van der Waals surface area contributed by atoms with E-state index in [-0.39, 0.29) is 5.56 Å². The van der Waals surface area contributed by atoms with E-state index in [0.29, 0.717) is 16.3 Å². The molecule has 0 atom stereocenters. The lowest BCUT2D eigenvalue weighted by atomic mass is 10.0. The molecular formula is C13H14F3N. The number of rotatable bonds is 1. The zero-order chi connectivity index (χ0) is 13.0. The first-order valence-corrected chi connectivity index (χ1v) is 5.41. The molecule has 0 aliphatic carbocycles. The molecule has 0 N–H and O–H groups in total. The first-order chi connectivity index (χ1) is 8.09. The van der Waals surface area contributed by atoms with E-state index < -0.39 is 12.2 Å². The van der Waals surface area contributed by atoms with E-state index >= 15 is 0 Å². The summed E-state index contributed by atoms with van der Waals surface area (Å²) in [5.74, 6) is -0.646. The van der Waals surface area contributed by atoms with Crippen molar-refractivity contribution in [2.45, 2.75) is 27.2 Å². The van der Waals surface area contributed by atoms with Gasteiger partial charge in [-0.2, -0.15) is 0 Å². The third-order valence-corrected chi connectivity index (χ3v) is 2.31. The van der Waals surface area contributed by atoms with E-state index in [1.165, 1.54) is 18.5 Å². The molecule has 0 radical (unpaired) electrons. The summed E-state index contributed by atoms with van der Waals surface area (Å²) in [5.41, 5.74) is 0.384. The molecule has 0 unspecified atom stereocenters. The van der Waals surface area contributed by atoms with Gasteiger partial charge in [-0.1, -0.05) is 13.8 Å². The van der Waals surface area contributed by atoms with Crippen molar-refractivity contribution in [2.75, 3.05) is 0 Å². The van der Waals surface area contributed by atoms with Crippen LogP contribution in [0.2, 0.25) is 0 Å². The number of hydrogen-bond donors (Lipinski definition) is 0. The molecule has 4 heteroatoms. The second-order valence-corrected chi connectivity index (χ2v) is 3.35. The van der Waals surface area contributed by atoms with E-state index in [1.54, 1.807) is 6.92 Å². The fourth-order valence-corrected chi connectivity index (χ4v) is 1.58. The molecule has 1 heterocycles. The lowest BCUT2D eigenvalue weighted by Gasteiger charge is -2.07. The molecule has 0 aliphatic heterocycles. The standard InChI is InChI=1S/C11H8F3N.C2H6/c1-6-4-15-5-10-8(6)2-7(12)3-9(10)11(13)14;1-2/h2-5,11H,1H3;1-2H3. The molecular weight excluding hydrogens is 227 g/mol. The molecule has 0 aliphatic rings. The number of benzene rings is 1. The van der Waals surface area contributed by atoms with Crippen LogP contribution in [0.25, 0.3) is 10.8 Å². The zero-order valence-corrected chi connectivity index (χ0v) is 9.97. The molecule has 2 rings (SSSR count). The second kappa shape index (κ2) is 5.66. The molecule has 17 heavy (non-hydrogen) atoms. The number of halogens is 3. The third kappa shape index (κ3) is 2.75. The minimum atomic E-state index is -2.69. The van der Waals surface area contributed by atoms with Crippen LogP contribution in [-0.2, 0) is 0 Å². The molecule has 0 amide bonds. The summed E-state index contributed by atoms with van der Waals surface area (Å²) in [7, 11) is 0. The summed E-state index contributed by atoms with van der Waals surface area (Å²) in [6.07, 6.45) is 0.173. The zero-order valence-electron chi connectivity index (χ0n) is 9.97. The Bertz CT molecular complexity index is 509. The van der Waals surface area contributed by atoms with Crippen LogP contribution in [0.3, 0.4) is 0 Å². The largest absolute Gasteiger partial charge is 0.264 e. The Morgan fingerprint density at radius 3 is 2.29 bits per heavy atom. The SMILES string of the molecule is CC.Cc1cncc2c(C(F)F)cc(F)cc12. The van der Waals surface area contributed by atoms with E-state index in [0.717, 1.165) is 6.07 Å². The average molecular weight is 241 g/mol. The summed E-state index contributed by atoms with van der Waals surface area (Å²) in [6, 6.07) is 2.10. The van der Waals surface area contributed by atoms with Crippen molar-refractivity contribution < 1.29 is 13.2 Å². The van der Waals surface area contributed by atoms with Crippen LogP contribution >= 0.6 is 0 Å². The quantitative estimate of drug-likeness (QED) is 0.708. The van der Waals surface area contributed by atoms with Gasteiger partial charge in [-0.25, -0.2) is 13.2 Å². The molecule has 1 aromatic carbocycles. The Morgan fingerprint density at radius 2 is 1.71 bits per heavy atom. The highest BCUT2D eigenvalue weighted by atomic mass is 19.3. The predicted octanol–water partition coefficient (Wildman–Crippen LogP) is 4.65. The number of fused-ring (bicyclic) bond motifs is 1. The average Bonchev–Trinajstić information content (AvgIpc) is 2.32. The highest BCUT2D eigenvalue weighted by Gasteiger charge is 2.14. The number of nitrogens with zero attached hydrogens (tertiary/aromatic N) is 1. The van der Waals surface area contributed by atoms with Crippen LogP contribution in [0.4, 0.5) is 13.2 Å². The normalized spacial score (nSPS) is 10.3. The summed E-state index contributed by atoms with van der Waals surface area (Å²) < 4.78 is 38.3. The molecule has 0 fully saturated rings. The Hall–Kier alpha value is -1.58. The molecule has 1 aromatic heterocycles.